The van der Waals surface area contributed by atoms with E-state index in [0.29, 0.717) is 0 Å². The van der Waals surface area contributed by atoms with Crippen molar-refractivity contribution in [1.82, 2.24) is 9.88 Å². The number of β-amino-alcohol motifs (C(OH)–C–C–N with tert-alkyl or cyclic N) is 1. The van der Waals surface area contributed by atoms with E-state index < -0.39 is 0 Å². The zero-order valence-corrected chi connectivity index (χ0v) is 9.26. The van der Waals surface area contributed by atoms with Gasteiger partial charge in [-0.15, -0.1) is 11.3 Å². The molecule has 1 aromatic rings. The molecule has 1 aliphatic rings. The third kappa shape index (κ3) is 2.32. The fourth-order valence-electron chi connectivity index (χ4n) is 1.77. The predicted octanol–water partition coefficient (Wildman–Crippen LogP) is 1.27. The molecule has 1 saturated heterocycles. The van der Waals surface area contributed by atoms with E-state index in [2.05, 4.69) is 22.2 Å². The minimum absolute atomic E-state index is 0.126. The Balaban J connectivity index is 1.90. The summed E-state index contributed by atoms with van der Waals surface area (Å²) in [6, 6.07) is 0. The second kappa shape index (κ2) is 4.38. The van der Waals surface area contributed by atoms with Gasteiger partial charge in [0.25, 0.3) is 0 Å². The van der Waals surface area contributed by atoms with Crippen LogP contribution in [-0.4, -0.2) is 34.2 Å². The third-order valence-corrected chi connectivity index (χ3v) is 3.58. The molecule has 1 fully saturated rings. The number of aliphatic hydroxyl groups is 1. The first-order valence-corrected chi connectivity index (χ1v) is 5.99. The predicted molar refractivity (Wildman–Crippen MR) is 57.4 cm³/mol. The van der Waals surface area contributed by atoms with E-state index >= 15 is 0 Å². The van der Waals surface area contributed by atoms with Gasteiger partial charge in [0, 0.05) is 25.0 Å². The summed E-state index contributed by atoms with van der Waals surface area (Å²) in [5.74, 6) is 0. The highest BCUT2D eigenvalue weighted by Crippen LogP contribution is 2.15. The van der Waals surface area contributed by atoms with Crippen LogP contribution < -0.4 is 0 Å². The van der Waals surface area contributed by atoms with E-state index in [9.17, 15) is 5.11 Å². The van der Waals surface area contributed by atoms with Gasteiger partial charge in [0.05, 0.1) is 16.8 Å². The van der Waals surface area contributed by atoms with Gasteiger partial charge in [0.2, 0.25) is 0 Å². The number of aromatic nitrogens is 1. The SMILES string of the molecule is CCc1nc(CN2CC[C@@H](O)C2)cs1. The number of rotatable bonds is 3. The van der Waals surface area contributed by atoms with Crippen molar-refractivity contribution < 1.29 is 5.11 Å². The zero-order valence-electron chi connectivity index (χ0n) is 8.44. The van der Waals surface area contributed by atoms with Crippen molar-refractivity contribution in [2.24, 2.45) is 0 Å². The number of nitrogens with zero attached hydrogens (tertiary/aromatic N) is 2. The smallest absolute Gasteiger partial charge is 0.0926 e. The lowest BCUT2D eigenvalue weighted by Gasteiger charge is -2.12. The van der Waals surface area contributed by atoms with E-state index in [-0.39, 0.29) is 6.10 Å². The summed E-state index contributed by atoms with van der Waals surface area (Å²) < 4.78 is 0. The minimum atomic E-state index is -0.126. The van der Waals surface area contributed by atoms with Crippen molar-refractivity contribution in [2.45, 2.75) is 32.4 Å². The second-order valence-corrected chi connectivity index (χ2v) is 4.71. The molecule has 2 heterocycles. The highest BCUT2D eigenvalue weighted by atomic mass is 32.1. The highest BCUT2D eigenvalue weighted by molar-refractivity contribution is 7.09. The third-order valence-electron chi connectivity index (χ3n) is 2.53. The number of hydrogen-bond donors (Lipinski definition) is 1. The summed E-state index contributed by atoms with van der Waals surface area (Å²) in [6.45, 7) is 4.83. The fourth-order valence-corrected chi connectivity index (χ4v) is 2.50. The molecule has 3 nitrogen and oxygen atoms in total. The van der Waals surface area contributed by atoms with E-state index in [1.807, 2.05) is 0 Å². The summed E-state index contributed by atoms with van der Waals surface area (Å²) in [4.78, 5) is 6.78. The zero-order chi connectivity index (χ0) is 9.97. The Hall–Kier alpha value is -0.450. The van der Waals surface area contributed by atoms with Gasteiger partial charge in [-0.25, -0.2) is 4.98 Å². The molecule has 0 spiro atoms. The molecule has 2 rings (SSSR count). The monoisotopic (exact) mass is 212 g/mol. The number of likely N-dealkylation sites (tertiary alicyclic amines) is 1. The van der Waals surface area contributed by atoms with Gasteiger partial charge in [0.1, 0.15) is 0 Å². The fraction of sp³-hybridized carbons (Fsp3) is 0.700. The summed E-state index contributed by atoms with van der Waals surface area (Å²) in [7, 11) is 0. The summed E-state index contributed by atoms with van der Waals surface area (Å²) in [6.07, 6.45) is 1.80. The van der Waals surface area contributed by atoms with Crippen LogP contribution in [0.4, 0.5) is 0 Å². The van der Waals surface area contributed by atoms with Crippen LogP contribution in [0.3, 0.4) is 0 Å². The molecule has 14 heavy (non-hydrogen) atoms. The lowest BCUT2D eigenvalue weighted by atomic mass is 10.3. The summed E-state index contributed by atoms with van der Waals surface area (Å²) >= 11 is 1.73. The first-order chi connectivity index (χ1) is 6.78. The number of thiazole rings is 1. The van der Waals surface area contributed by atoms with Crippen LogP contribution in [0.5, 0.6) is 0 Å². The maximum Gasteiger partial charge on any atom is 0.0926 e. The average molecular weight is 212 g/mol. The average Bonchev–Trinajstić information content (AvgIpc) is 2.76. The van der Waals surface area contributed by atoms with Crippen molar-refractivity contribution >= 4 is 11.3 Å². The first-order valence-electron chi connectivity index (χ1n) is 5.11. The normalized spacial score (nSPS) is 23.1. The molecule has 0 amide bonds. The Labute approximate surface area is 88.4 Å². The van der Waals surface area contributed by atoms with E-state index in [1.54, 1.807) is 11.3 Å². The van der Waals surface area contributed by atoms with Crippen LogP contribution in [0, 0.1) is 0 Å². The molecule has 0 radical (unpaired) electrons. The van der Waals surface area contributed by atoms with Crippen molar-refractivity contribution in [3.63, 3.8) is 0 Å². The van der Waals surface area contributed by atoms with E-state index in [1.165, 1.54) is 5.01 Å². The quantitative estimate of drug-likeness (QED) is 0.819. The standard InChI is InChI=1S/C10H16N2OS/c1-2-10-11-8(7-14-10)5-12-4-3-9(13)6-12/h7,9,13H,2-6H2,1H3/t9-/m1/s1. The number of aryl methyl sites for hydroxylation is 1. The van der Waals surface area contributed by atoms with Crippen LogP contribution in [-0.2, 0) is 13.0 Å². The van der Waals surface area contributed by atoms with Crippen LogP contribution in [0.2, 0.25) is 0 Å². The van der Waals surface area contributed by atoms with Crippen LogP contribution >= 0.6 is 11.3 Å². The van der Waals surface area contributed by atoms with Gasteiger partial charge in [-0.2, -0.15) is 0 Å². The molecule has 0 aromatic carbocycles. The molecule has 0 unspecified atom stereocenters. The highest BCUT2D eigenvalue weighted by Gasteiger charge is 2.20. The maximum atomic E-state index is 9.37. The van der Waals surface area contributed by atoms with Crippen molar-refractivity contribution in [3.8, 4) is 0 Å². The van der Waals surface area contributed by atoms with Crippen molar-refractivity contribution in [3.05, 3.63) is 16.1 Å². The van der Waals surface area contributed by atoms with Gasteiger partial charge >= 0.3 is 0 Å². The van der Waals surface area contributed by atoms with Crippen LogP contribution in [0.1, 0.15) is 24.0 Å². The lowest BCUT2D eigenvalue weighted by Crippen LogP contribution is -2.21. The minimum Gasteiger partial charge on any atom is -0.392 e. The van der Waals surface area contributed by atoms with Crippen molar-refractivity contribution in [1.29, 1.82) is 0 Å². The molecule has 0 bridgehead atoms. The van der Waals surface area contributed by atoms with E-state index in [4.69, 9.17) is 0 Å². The Morgan fingerprint density at radius 3 is 3.14 bits per heavy atom. The van der Waals surface area contributed by atoms with Crippen molar-refractivity contribution in [2.75, 3.05) is 13.1 Å². The van der Waals surface area contributed by atoms with E-state index in [0.717, 1.165) is 38.2 Å². The summed E-state index contributed by atoms with van der Waals surface area (Å²) in [5, 5.41) is 12.7. The lowest BCUT2D eigenvalue weighted by molar-refractivity contribution is 0.174. The maximum absolute atomic E-state index is 9.37. The molecule has 1 aliphatic heterocycles. The van der Waals surface area contributed by atoms with Gasteiger partial charge in [-0.1, -0.05) is 6.92 Å². The molecule has 4 heteroatoms. The van der Waals surface area contributed by atoms with Crippen LogP contribution in [0.15, 0.2) is 5.38 Å². The van der Waals surface area contributed by atoms with Gasteiger partial charge in [0.15, 0.2) is 0 Å². The second-order valence-electron chi connectivity index (χ2n) is 3.76. The molecule has 1 N–H and O–H groups in total. The number of hydrogen-bond acceptors (Lipinski definition) is 4. The number of aliphatic hydroxyl groups excluding tert-OH is 1. The van der Waals surface area contributed by atoms with Gasteiger partial charge in [-0.05, 0) is 12.8 Å². The molecular weight excluding hydrogens is 196 g/mol. The molecule has 1 atom stereocenters. The topological polar surface area (TPSA) is 36.4 Å². The molecule has 1 aromatic heterocycles. The largest absolute Gasteiger partial charge is 0.392 e. The molecular formula is C10H16N2OS. The molecule has 0 saturated carbocycles. The Morgan fingerprint density at radius 2 is 2.57 bits per heavy atom. The Kier molecular flexibility index (Phi) is 3.15. The Morgan fingerprint density at radius 1 is 1.71 bits per heavy atom. The van der Waals surface area contributed by atoms with Gasteiger partial charge < -0.3 is 5.11 Å². The Bertz CT molecular complexity index is 300. The first kappa shape index (κ1) is 10.1. The molecule has 0 aliphatic carbocycles. The molecule has 78 valence electrons. The van der Waals surface area contributed by atoms with Gasteiger partial charge in [-0.3, -0.25) is 4.90 Å². The van der Waals surface area contributed by atoms with Crippen LogP contribution in [0.25, 0.3) is 0 Å². The summed E-state index contributed by atoms with van der Waals surface area (Å²) in [5.41, 5.74) is 1.15.